The van der Waals surface area contributed by atoms with E-state index in [0.717, 1.165) is 61.0 Å². The molecule has 192 valence electrons. The zero-order valence-electron chi connectivity index (χ0n) is 22.0. The number of benzene rings is 4. The molecule has 0 saturated carbocycles. The van der Waals surface area contributed by atoms with Crippen LogP contribution in [-0.4, -0.2) is 24.5 Å². The van der Waals surface area contributed by atoms with Crippen LogP contribution in [0.2, 0.25) is 0 Å². The van der Waals surface area contributed by atoms with Gasteiger partial charge in [-0.15, -0.1) is 0 Å². The smallest absolute Gasteiger partial charge is 0.160 e. The first kappa shape index (κ1) is 23.2. The molecule has 0 aliphatic heterocycles. The van der Waals surface area contributed by atoms with Crippen molar-refractivity contribution in [2.45, 2.75) is 0 Å². The fourth-order valence-electron chi connectivity index (χ4n) is 5.67. The van der Waals surface area contributed by atoms with Crippen molar-refractivity contribution < 1.29 is 0 Å². The fourth-order valence-corrected chi connectivity index (χ4v) is 5.67. The van der Waals surface area contributed by atoms with Crippen LogP contribution in [0.5, 0.6) is 0 Å². The van der Waals surface area contributed by atoms with Gasteiger partial charge in [0.25, 0.3) is 0 Å². The van der Waals surface area contributed by atoms with E-state index in [0.29, 0.717) is 5.82 Å². The van der Waals surface area contributed by atoms with Crippen LogP contribution in [0.1, 0.15) is 0 Å². The summed E-state index contributed by atoms with van der Waals surface area (Å²) in [6, 6.07) is 39.9. The molecule has 0 atom stereocenters. The van der Waals surface area contributed by atoms with E-state index >= 15 is 0 Å². The van der Waals surface area contributed by atoms with Crippen molar-refractivity contribution in [1.82, 2.24) is 24.5 Å². The maximum absolute atomic E-state index is 5.16. The molecule has 0 aliphatic rings. The molecule has 0 saturated heterocycles. The van der Waals surface area contributed by atoms with Gasteiger partial charge in [0.15, 0.2) is 5.82 Å². The third kappa shape index (κ3) is 3.95. The second kappa shape index (κ2) is 9.50. The summed E-state index contributed by atoms with van der Waals surface area (Å²) >= 11 is 0. The first-order valence-electron chi connectivity index (χ1n) is 13.6. The lowest BCUT2D eigenvalue weighted by molar-refractivity contribution is 1.15. The van der Waals surface area contributed by atoms with Crippen molar-refractivity contribution in [3.8, 4) is 39.5 Å². The fraction of sp³-hybridized carbons (Fsp3) is 0. The molecule has 5 nitrogen and oxygen atoms in total. The quantitative estimate of drug-likeness (QED) is 0.231. The molecule has 8 rings (SSSR count). The Morgan fingerprint density at radius 3 is 2.07 bits per heavy atom. The Hall–Kier alpha value is -5.68. The molecule has 4 heterocycles. The number of hydrogen-bond acceptors (Lipinski definition) is 4. The van der Waals surface area contributed by atoms with Crippen LogP contribution in [-0.2, 0) is 0 Å². The van der Waals surface area contributed by atoms with Crippen LogP contribution in [0.4, 0.5) is 0 Å². The van der Waals surface area contributed by atoms with Crippen molar-refractivity contribution in [1.29, 1.82) is 0 Å². The second-order valence-electron chi connectivity index (χ2n) is 10.0. The maximum Gasteiger partial charge on any atom is 0.160 e. The van der Waals surface area contributed by atoms with E-state index in [2.05, 4.69) is 106 Å². The first-order valence-corrected chi connectivity index (χ1v) is 13.6. The van der Waals surface area contributed by atoms with Gasteiger partial charge < -0.3 is 4.57 Å². The maximum atomic E-state index is 5.16. The molecular formula is C36H23N5. The zero-order valence-corrected chi connectivity index (χ0v) is 22.0. The Morgan fingerprint density at radius 1 is 0.463 bits per heavy atom. The lowest BCUT2D eigenvalue weighted by Crippen LogP contribution is -1.96. The second-order valence-corrected chi connectivity index (χ2v) is 10.0. The molecule has 0 bridgehead atoms. The Bertz CT molecular complexity index is 2190. The van der Waals surface area contributed by atoms with Crippen molar-refractivity contribution in [2.75, 3.05) is 0 Å². The van der Waals surface area contributed by atoms with Gasteiger partial charge in [0.1, 0.15) is 0 Å². The summed E-state index contributed by atoms with van der Waals surface area (Å²) in [5.74, 6) is 0.687. The summed E-state index contributed by atoms with van der Waals surface area (Å²) in [4.78, 5) is 18.8. The molecule has 0 spiro atoms. The average Bonchev–Trinajstić information content (AvgIpc) is 3.39. The van der Waals surface area contributed by atoms with Crippen molar-refractivity contribution >= 4 is 32.7 Å². The van der Waals surface area contributed by atoms with Crippen molar-refractivity contribution in [2.24, 2.45) is 0 Å². The number of rotatable bonds is 4. The highest BCUT2D eigenvalue weighted by Crippen LogP contribution is 2.36. The van der Waals surface area contributed by atoms with Gasteiger partial charge in [-0.05, 0) is 71.8 Å². The van der Waals surface area contributed by atoms with Gasteiger partial charge >= 0.3 is 0 Å². The molecule has 0 N–H and O–H groups in total. The number of pyridine rings is 2. The minimum Gasteiger partial charge on any atom is -0.309 e. The summed E-state index contributed by atoms with van der Waals surface area (Å²) in [5.41, 5.74) is 9.33. The van der Waals surface area contributed by atoms with Crippen molar-refractivity contribution in [3.63, 3.8) is 0 Å². The molecule has 41 heavy (non-hydrogen) atoms. The third-order valence-electron chi connectivity index (χ3n) is 7.59. The minimum absolute atomic E-state index is 0.687. The van der Waals surface area contributed by atoms with Gasteiger partial charge in [0.05, 0.1) is 22.2 Å². The van der Waals surface area contributed by atoms with E-state index in [1.54, 1.807) is 6.20 Å². The van der Waals surface area contributed by atoms with Crippen LogP contribution >= 0.6 is 0 Å². The predicted octanol–water partition coefficient (Wildman–Crippen LogP) is 8.52. The van der Waals surface area contributed by atoms with Gasteiger partial charge in [-0.1, -0.05) is 54.6 Å². The van der Waals surface area contributed by atoms with Crippen LogP contribution in [0.25, 0.3) is 72.2 Å². The molecule has 5 heteroatoms. The highest BCUT2D eigenvalue weighted by atomic mass is 15.0. The van der Waals surface area contributed by atoms with Crippen LogP contribution in [0, 0.1) is 0 Å². The van der Waals surface area contributed by atoms with Crippen LogP contribution < -0.4 is 0 Å². The number of para-hydroxylation sites is 1. The summed E-state index contributed by atoms with van der Waals surface area (Å²) in [7, 11) is 0. The van der Waals surface area contributed by atoms with E-state index in [-0.39, 0.29) is 0 Å². The van der Waals surface area contributed by atoms with Crippen LogP contribution in [0.15, 0.2) is 140 Å². The van der Waals surface area contributed by atoms with Gasteiger partial charge in [0, 0.05) is 57.8 Å². The minimum atomic E-state index is 0.687. The van der Waals surface area contributed by atoms with E-state index < -0.39 is 0 Å². The topological polar surface area (TPSA) is 56.5 Å². The molecule has 0 radical (unpaired) electrons. The van der Waals surface area contributed by atoms with E-state index in [1.807, 2.05) is 42.9 Å². The Labute approximate surface area is 236 Å². The Morgan fingerprint density at radius 2 is 1.22 bits per heavy atom. The van der Waals surface area contributed by atoms with Crippen LogP contribution in [0.3, 0.4) is 0 Å². The average molecular weight is 526 g/mol. The number of nitrogens with zero attached hydrogens (tertiary/aromatic N) is 5. The molecule has 8 aromatic rings. The summed E-state index contributed by atoms with van der Waals surface area (Å²) in [5, 5.41) is 3.33. The molecular weight excluding hydrogens is 502 g/mol. The van der Waals surface area contributed by atoms with E-state index in [9.17, 15) is 0 Å². The van der Waals surface area contributed by atoms with E-state index in [4.69, 9.17) is 9.97 Å². The largest absolute Gasteiger partial charge is 0.309 e. The highest BCUT2D eigenvalue weighted by Gasteiger charge is 2.16. The van der Waals surface area contributed by atoms with E-state index in [1.165, 1.54) is 5.39 Å². The lowest BCUT2D eigenvalue weighted by atomic mass is 10.0. The molecule has 4 aromatic carbocycles. The zero-order chi connectivity index (χ0) is 27.2. The summed E-state index contributed by atoms with van der Waals surface area (Å²) < 4.78 is 2.28. The van der Waals surface area contributed by atoms with Gasteiger partial charge in [-0.25, -0.2) is 9.97 Å². The summed E-state index contributed by atoms with van der Waals surface area (Å²) in [6.07, 6.45) is 7.31. The number of aromatic nitrogens is 5. The monoisotopic (exact) mass is 525 g/mol. The predicted molar refractivity (Wildman–Crippen MR) is 166 cm³/mol. The lowest BCUT2D eigenvalue weighted by Gasteiger charge is -2.11. The molecule has 0 aliphatic carbocycles. The Kier molecular flexibility index (Phi) is 5.38. The SMILES string of the molecule is c1ccc(-c2ccc3nc(-c4ccc5c(c4)c4ccccc4n5-c4ccncc4)nc(-c4cccnc4)c3c2)cc1. The van der Waals surface area contributed by atoms with Gasteiger partial charge in [0.2, 0.25) is 0 Å². The number of fused-ring (bicyclic) bond motifs is 4. The van der Waals surface area contributed by atoms with Crippen molar-refractivity contribution in [3.05, 3.63) is 140 Å². The Balaban J connectivity index is 1.36. The molecule has 0 fully saturated rings. The number of hydrogen-bond donors (Lipinski definition) is 0. The highest BCUT2D eigenvalue weighted by molar-refractivity contribution is 6.10. The first-order chi connectivity index (χ1) is 20.3. The third-order valence-corrected chi connectivity index (χ3v) is 7.59. The van der Waals surface area contributed by atoms with Gasteiger partial charge in [-0.2, -0.15) is 0 Å². The molecule has 0 amide bonds. The summed E-state index contributed by atoms with van der Waals surface area (Å²) in [6.45, 7) is 0. The normalized spacial score (nSPS) is 11.4. The standard InChI is InChI=1S/C36H23N5/c1-2-7-24(8-3-1)25-12-14-32-31(21-25)35(27-9-6-18-38-23-27)40-36(39-32)26-13-15-34-30(22-26)29-10-4-5-11-33(29)41(34)28-16-19-37-20-17-28/h1-23H. The molecule has 4 aromatic heterocycles. The molecule has 0 unspecified atom stereocenters. The van der Waals surface area contributed by atoms with Gasteiger partial charge in [-0.3, -0.25) is 9.97 Å².